The molecule has 1 saturated heterocycles. The van der Waals surface area contributed by atoms with Gasteiger partial charge in [-0.05, 0) is 25.7 Å². The average molecular weight is 193 g/mol. The fourth-order valence-electron chi connectivity index (χ4n) is 1.81. The van der Waals surface area contributed by atoms with Crippen LogP contribution >= 0.6 is 0 Å². The SMILES string of the molecule is CCCCCCC#CN1CCCCC1. The Morgan fingerprint density at radius 3 is 2.50 bits per heavy atom. The Morgan fingerprint density at radius 2 is 1.79 bits per heavy atom. The predicted molar refractivity (Wildman–Crippen MR) is 62.0 cm³/mol. The lowest BCUT2D eigenvalue weighted by atomic mass is 10.1. The average Bonchev–Trinajstić information content (AvgIpc) is 2.25. The number of hydrogen-bond donors (Lipinski definition) is 0. The lowest BCUT2D eigenvalue weighted by Gasteiger charge is -2.21. The van der Waals surface area contributed by atoms with Gasteiger partial charge in [0.05, 0.1) is 0 Å². The van der Waals surface area contributed by atoms with Gasteiger partial charge in [0.15, 0.2) is 0 Å². The van der Waals surface area contributed by atoms with Crippen molar-refractivity contribution >= 4 is 0 Å². The van der Waals surface area contributed by atoms with Gasteiger partial charge < -0.3 is 4.90 Å². The predicted octanol–water partition coefficient (Wildman–Crippen LogP) is 3.40. The maximum Gasteiger partial charge on any atom is 0.0260 e. The van der Waals surface area contributed by atoms with Crippen LogP contribution in [0.2, 0.25) is 0 Å². The van der Waals surface area contributed by atoms with Crippen molar-refractivity contribution < 1.29 is 0 Å². The highest BCUT2D eigenvalue weighted by molar-refractivity contribution is 4.99. The number of unbranched alkanes of at least 4 members (excludes halogenated alkanes) is 4. The summed E-state index contributed by atoms with van der Waals surface area (Å²) in [6.45, 7) is 4.64. The van der Waals surface area contributed by atoms with E-state index in [0.29, 0.717) is 0 Å². The molecule has 0 atom stereocenters. The minimum absolute atomic E-state index is 1.09. The summed E-state index contributed by atoms with van der Waals surface area (Å²) in [6, 6.07) is 3.28. The zero-order valence-corrected chi connectivity index (χ0v) is 9.52. The summed E-state index contributed by atoms with van der Waals surface area (Å²) in [5.41, 5.74) is 0. The van der Waals surface area contributed by atoms with E-state index in [2.05, 4.69) is 23.8 Å². The molecule has 0 N–H and O–H groups in total. The molecule has 0 radical (unpaired) electrons. The first-order valence-electron chi connectivity index (χ1n) is 6.17. The second-order valence-electron chi connectivity index (χ2n) is 4.15. The molecule has 14 heavy (non-hydrogen) atoms. The molecule has 1 fully saturated rings. The van der Waals surface area contributed by atoms with Crippen molar-refractivity contribution in [2.45, 2.75) is 58.3 Å². The quantitative estimate of drug-likeness (QED) is 0.488. The third-order valence-electron chi connectivity index (χ3n) is 2.75. The van der Waals surface area contributed by atoms with Crippen LogP contribution < -0.4 is 0 Å². The van der Waals surface area contributed by atoms with Crippen LogP contribution in [0.4, 0.5) is 0 Å². The summed E-state index contributed by atoms with van der Waals surface area (Å²) in [5, 5.41) is 0. The normalized spacial score (nSPS) is 16.2. The maximum atomic E-state index is 3.29. The molecular formula is C13H23N. The Balaban J connectivity index is 2.00. The van der Waals surface area contributed by atoms with E-state index in [1.54, 1.807) is 0 Å². The van der Waals surface area contributed by atoms with Crippen molar-refractivity contribution in [3.05, 3.63) is 0 Å². The molecule has 80 valence electrons. The van der Waals surface area contributed by atoms with Crippen LogP contribution in [-0.2, 0) is 0 Å². The van der Waals surface area contributed by atoms with Gasteiger partial charge in [-0.3, -0.25) is 0 Å². The van der Waals surface area contributed by atoms with E-state index in [4.69, 9.17) is 0 Å². The summed E-state index contributed by atoms with van der Waals surface area (Å²) in [4.78, 5) is 2.29. The smallest absolute Gasteiger partial charge is 0.0260 e. The largest absolute Gasteiger partial charge is 0.333 e. The molecule has 0 unspecified atom stereocenters. The fraction of sp³-hybridized carbons (Fsp3) is 0.846. The summed E-state index contributed by atoms with van der Waals surface area (Å²) >= 11 is 0. The highest BCUT2D eigenvalue weighted by Gasteiger charge is 2.04. The Kier molecular flexibility index (Phi) is 6.32. The molecule has 0 spiro atoms. The standard InChI is InChI=1S/C13H23N/c1-2-3-4-5-6-8-11-14-12-9-7-10-13-14/h2-7,9-10,12-13H2,1H3. The number of likely N-dealkylation sites (tertiary alicyclic amines) is 1. The number of nitrogens with zero attached hydrogens (tertiary/aromatic N) is 1. The Morgan fingerprint density at radius 1 is 1.00 bits per heavy atom. The number of piperidine rings is 1. The first-order valence-corrected chi connectivity index (χ1v) is 6.17. The second kappa shape index (κ2) is 7.74. The van der Waals surface area contributed by atoms with Crippen LogP contribution in [0, 0.1) is 12.0 Å². The van der Waals surface area contributed by atoms with Crippen molar-refractivity contribution in [3.63, 3.8) is 0 Å². The number of hydrogen-bond acceptors (Lipinski definition) is 1. The molecule has 0 aliphatic carbocycles. The Hall–Kier alpha value is -0.640. The number of rotatable bonds is 4. The molecule has 0 aromatic carbocycles. The van der Waals surface area contributed by atoms with Crippen LogP contribution in [0.25, 0.3) is 0 Å². The van der Waals surface area contributed by atoms with E-state index in [0.717, 1.165) is 6.42 Å². The van der Waals surface area contributed by atoms with Crippen molar-refractivity contribution in [2.24, 2.45) is 0 Å². The second-order valence-corrected chi connectivity index (χ2v) is 4.15. The lowest BCUT2D eigenvalue weighted by molar-refractivity contribution is 0.326. The molecule has 1 aliphatic heterocycles. The van der Waals surface area contributed by atoms with Crippen LogP contribution in [0.3, 0.4) is 0 Å². The van der Waals surface area contributed by atoms with Gasteiger partial charge in [0.1, 0.15) is 0 Å². The highest BCUT2D eigenvalue weighted by atomic mass is 15.1. The van der Waals surface area contributed by atoms with Gasteiger partial charge in [-0.1, -0.05) is 32.1 Å². The molecule has 1 heteroatoms. The molecule has 0 amide bonds. The first kappa shape index (κ1) is 11.4. The van der Waals surface area contributed by atoms with Crippen molar-refractivity contribution in [1.29, 1.82) is 0 Å². The minimum atomic E-state index is 1.09. The van der Waals surface area contributed by atoms with Crippen LogP contribution in [-0.4, -0.2) is 18.0 Å². The van der Waals surface area contributed by atoms with Gasteiger partial charge in [-0.15, -0.1) is 0 Å². The zero-order chi connectivity index (χ0) is 10.1. The van der Waals surface area contributed by atoms with E-state index in [-0.39, 0.29) is 0 Å². The van der Waals surface area contributed by atoms with Gasteiger partial charge in [0.25, 0.3) is 0 Å². The van der Waals surface area contributed by atoms with Crippen molar-refractivity contribution in [3.8, 4) is 12.0 Å². The molecule has 1 aliphatic rings. The molecule has 0 saturated carbocycles. The summed E-state index contributed by atoms with van der Waals surface area (Å²) < 4.78 is 0. The van der Waals surface area contributed by atoms with Crippen LogP contribution in [0.5, 0.6) is 0 Å². The van der Waals surface area contributed by atoms with Gasteiger partial charge in [0.2, 0.25) is 0 Å². The van der Waals surface area contributed by atoms with E-state index >= 15 is 0 Å². The molecule has 1 rings (SSSR count). The van der Waals surface area contributed by atoms with Gasteiger partial charge in [-0.25, -0.2) is 0 Å². The first-order chi connectivity index (χ1) is 6.93. The van der Waals surface area contributed by atoms with Crippen LogP contribution in [0.1, 0.15) is 58.3 Å². The molecular weight excluding hydrogens is 170 g/mol. The topological polar surface area (TPSA) is 3.24 Å². The highest BCUT2D eigenvalue weighted by Crippen LogP contribution is 2.07. The molecule has 1 heterocycles. The molecule has 0 bridgehead atoms. The van der Waals surface area contributed by atoms with E-state index in [9.17, 15) is 0 Å². The lowest BCUT2D eigenvalue weighted by Crippen LogP contribution is -2.24. The molecule has 1 nitrogen and oxygen atoms in total. The summed E-state index contributed by atoms with van der Waals surface area (Å²) in [6.07, 6.45) is 10.5. The summed E-state index contributed by atoms with van der Waals surface area (Å²) in [7, 11) is 0. The summed E-state index contributed by atoms with van der Waals surface area (Å²) in [5.74, 6) is 3.29. The van der Waals surface area contributed by atoms with Crippen molar-refractivity contribution in [2.75, 3.05) is 13.1 Å². The third-order valence-corrected chi connectivity index (χ3v) is 2.75. The third kappa shape index (κ3) is 5.17. The molecule has 0 aromatic rings. The van der Waals surface area contributed by atoms with Gasteiger partial charge >= 0.3 is 0 Å². The van der Waals surface area contributed by atoms with E-state index < -0.39 is 0 Å². The van der Waals surface area contributed by atoms with Gasteiger partial charge in [-0.2, -0.15) is 0 Å². The fourth-order valence-corrected chi connectivity index (χ4v) is 1.81. The van der Waals surface area contributed by atoms with Crippen molar-refractivity contribution in [1.82, 2.24) is 4.90 Å². The van der Waals surface area contributed by atoms with Crippen LogP contribution in [0.15, 0.2) is 0 Å². The minimum Gasteiger partial charge on any atom is -0.333 e. The van der Waals surface area contributed by atoms with E-state index in [1.807, 2.05) is 0 Å². The molecule has 0 aromatic heterocycles. The zero-order valence-electron chi connectivity index (χ0n) is 9.52. The van der Waals surface area contributed by atoms with Gasteiger partial charge in [0, 0.05) is 25.6 Å². The maximum absolute atomic E-state index is 3.29. The Bertz CT molecular complexity index is 181. The Labute approximate surface area is 88.9 Å². The monoisotopic (exact) mass is 193 g/mol. The van der Waals surface area contributed by atoms with E-state index in [1.165, 1.54) is 58.0 Å².